The second-order valence-corrected chi connectivity index (χ2v) is 11.5. The van der Waals surface area contributed by atoms with Gasteiger partial charge < -0.3 is 4.90 Å². The zero-order chi connectivity index (χ0) is 17.0. The summed E-state index contributed by atoms with van der Waals surface area (Å²) in [6.45, 7) is 6.31. The van der Waals surface area contributed by atoms with Gasteiger partial charge in [0.2, 0.25) is 5.91 Å². The summed E-state index contributed by atoms with van der Waals surface area (Å²) in [5.74, 6) is 1.17. The van der Waals surface area contributed by atoms with Gasteiger partial charge in [0.15, 0.2) is 18.5 Å². The predicted octanol–water partition coefficient (Wildman–Crippen LogP) is 2.17. The third-order valence-electron chi connectivity index (χ3n) is 3.55. The molecule has 0 bridgehead atoms. The zero-order valence-electron chi connectivity index (χ0n) is 13.4. The lowest BCUT2D eigenvalue weighted by Gasteiger charge is -2.29. The highest BCUT2D eigenvalue weighted by Gasteiger charge is 2.35. The number of thioether (sulfide) groups is 2. The van der Waals surface area contributed by atoms with Gasteiger partial charge in [-0.25, -0.2) is 8.42 Å². The van der Waals surface area contributed by atoms with Crippen molar-refractivity contribution in [3.05, 3.63) is 0 Å². The largest absolute Gasteiger partial charge is 0.338 e. The maximum Gasteiger partial charge on any atom is 0.236 e. The van der Waals surface area contributed by atoms with Gasteiger partial charge in [0, 0.05) is 12.6 Å². The third-order valence-corrected chi connectivity index (χ3v) is 8.41. The van der Waals surface area contributed by atoms with Gasteiger partial charge in [0.05, 0.1) is 16.8 Å². The Bertz CT molecular complexity index is 647. The lowest BCUT2D eigenvalue weighted by molar-refractivity contribution is -0.131. The molecule has 0 aliphatic carbocycles. The van der Waals surface area contributed by atoms with E-state index >= 15 is 0 Å². The minimum absolute atomic E-state index is 0.0282. The van der Waals surface area contributed by atoms with E-state index in [1.165, 1.54) is 23.1 Å². The van der Waals surface area contributed by atoms with E-state index in [2.05, 4.69) is 17.1 Å². The van der Waals surface area contributed by atoms with Crippen molar-refractivity contribution >= 4 is 50.6 Å². The smallest absolute Gasteiger partial charge is 0.236 e. The van der Waals surface area contributed by atoms with Gasteiger partial charge in [-0.1, -0.05) is 41.8 Å². The monoisotopic (exact) mass is 395 g/mol. The average molecular weight is 396 g/mol. The Labute approximate surface area is 149 Å². The maximum absolute atomic E-state index is 12.7. The van der Waals surface area contributed by atoms with Crippen LogP contribution in [0.2, 0.25) is 0 Å². The van der Waals surface area contributed by atoms with Crippen LogP contribution in [0.5, 0.6) is 0 Å². The van der Waals surface area contributed by atoms with Crippen molar-refractivity contribution in [3.8, 4) is 0 Å². The minimum Gasteiger partial charge on any atom is -0.338 e. The fourth-order valence-corrected chi connectivity index (χ4v) is 7.34. The quantitative estimate of drug-likeness (QED) is 0.655. The summed E-state index contributed by atoms with van der Waals surface area (Å²) in [6.07, 6.45) is 0.537. The summed E-state index contributed by atoms with van der Waals surface area (Å²) in [5, 5.41) is 7.89. The van der Waals surface area contributed by atoms with E-state index in [1.54, 1.807) is 16.7 Å². The van der Waals surface area contributed by atoms with Gasteiger partial charge in [-0.15, -0.1) is 10.2 Å². The van der Waals surface area contributed by atoms with Crippen molar-refractivity contribution in [2.75, 3.05) is 23.8 Å². The molecule has 2 heterocycles. The molecule has 130 valence electrons. The second-order valence-electron chi connectivity index (χ2n) is 5.21. The SMILES string of the molecule is CCSc1nnc(S[C@H](C)C(=O)N(CC)[C@H]2CCS(=O)(=O)C2)s1. The standard InChI is InChI=1S/C13H21N3O3S4/c1-4-16(10-6-7-23(18,19)8-10)11(17)9(3)21-13-15-14-12(22-13)20-5-2/h9-10H,4-8H2,1-3H3/t9-,10+/m1/s1. The summed E-state index contributed by atoms with van der Waals surface area (Å²) in [4.78, 5) is 14.4. The number of carbonyl (C=O) groups is 1. The first-order valence-corrected chi connectivity index (χ1v) is 12.0. The van der Waals surface area contributed by atoms with Gasteiger partial charge in [0.25, 0.3) is 0 Å². The van der Waals surface area contributed by atoms with Gasteiger partial charge >= 0.3 is 0 Å². The molecule has 1 amide bonds. The lowest BCUT2D eigenvalue weighted by Crippen LogP contribution is -2.44. The molecule has 0 N–H and O–H groups in total. The van der Waals surface area contributed by atoms with Gasteiger partial charge in [-0.3, -0.25) is 4.79 Å². The summed E-state index contributed by atoms with van der Waals surface area (Å²) >= 11 is 4.52. The molecule has 2 rings (SSSR count). The maximum atomic E-state index is 12.7. The fourth-order valence-electron chi connectivity index (χ4n) is 2.48. The highest BCUT2D eigenvalue weighted by Crippen LogP contribution is 2.32. The molecule has 23 heavy (non-hydrogen) atoms. The Morgan fingerprint density at radius 1 is 1.39 bits per heavy atom. The highest BCUT2D eigenvalue weighted by molar-refractivity contribution is 8.03. The van der Waals surface area contributed by atoms with Crippen molar-refractivity contribution in [1.29, 1.82) is 0 Å². The first-order chi connectivity index (χ1) is 10.9. The van der Waals surface area contributed by atoms with Crippen molar-refractivity contribution in [1.82, 2.24) is 15.1 Å². The molecule has 1 aromatic rings. The minimum atomic E-state index is -3.00. The molecule has 0 saturated carbocycles. The van der Waals surface area contributed by atoms with Crippen LogP contribution in [-0.4, -0.2) is 64.5 Å². The van der Waals surface area contributed by atoms with Crippen molar-refractivity contribution in [2.24, 2.45) is 0 Å². The van der Waals surface area contributed by atoms with E-state index in [-0.39, 0.29) is 28.7 Å². The molecule has 1 saturated heterocycles. The molecule has 0 radical (unpaired) electrons. The molecule has 1 aromatic heterocycles. The zero-order valence-corrected chi connectivity index (χ0v) is 16.7. The van der Waals surface area contributed by atoms with Crippen LogP contribution in [0.25, 0.3) is 0 Å². The molecule has 0 aromatic carbocycles. The Morgan fingerprint density at radius 2 is 2.09 bits per heavy atom. The average Bonchev–Trinajstić information content (AvgIpc) is 3.06. The van der Waals surface area contributed by atoms with Crippen LogP contribution in [0.3, 0.4) is 0 Å². The number of hydrogen-bond acceptors (Lipinski definition) is 8. The third kappa shape index (κ3) is 5.07. The van der Waals surface area contributed by atoms with E-state index in [1.807, 2.05) is 13.8 Å². The van der Waals surface area contributed by atoms with Crippen LogP contribution in [0, 0.1) is 0 Å². The Hall–Kier alpha value is -0.320. The number of nitrogens with zero attached hydrogens (tertiary/aromatic N) is 3. The van der Waals surface area contributed by atoms with E-state index < -0.39 is 9.84 Å². The summed E-state index contributed by atoms with van der Waals surface area (Å²) in [7, 11) is -3.00. The summed E-state index contributed by atoms with van der Waals surface area (Å²) in [6, 6.07) is -0.193. The fraction of sp³-hybridized carbons (Fsp3) is 0.769. The second kappa shape index (κ2) is 8.17. The Balaban J connectivity index is 1.99. The number of amides is 1. The first-order valence-electron chi connectivity index (χ1n) is 7.50. The van der Waals surface area contributed by atoms with Crippen LogP contribution in [0.15, 0.2) is 8.68 Å². The normalized spacial score (nSPS) is 21.3. The van der Waals surface area contributed by atoms with Crippen molar-refractivity contribution in [2.45, 2.75) is 47.2 Å². The van der Waals surface area contributed by atoms with Crippen LogP contribution < -0.4 is 0 Å². The summed E-state index contributed by atoms with van der Waals surface area (Å²) < 4.78 is 25.0. The molecule has 10 heteroatoms. The number of carbonyl (C=O) groups excluding carboxylic acids is 1. The molecule has 1 fully saturated rings. The molecule has 0 unspecified atom stereocenters. The molecule has 1 aliphatic heterocycles. The molecule has 0 spiro atoms. The predicted molar refractivity (Wildman–Crippen MR) is 96.1 cm³/mol. The number of rotatable bonds is 7. The van der Waals surface area contributed by atoms with Crippen molar-refractivity contribution in [3.63, 3.8) is 0 Å². The number of hydrogen-bond donors (Lipinski definition) is 0. The molecule has 2 atom stereocenters. The van der Waals surface area contributed by atoms with Crippen LogP contribution in [0.4, 0.5) is 0 Å². The van der Waals surface area contributed by atoms with Crippen LogP contribution >= 0.6 is 34.9 Å². The summed E-state index contributed by atoms with van der Waals surface area (Å²) in [5.41, 5.74) is 0. The van der Waals surface area contributed by atoms with E-state index in [4.69, 9.17) is 0 Å². The van der Waals surface area contributed by atoms with Gasteiger partial charge in [-0.2, -0.15) is 0 Å². The Kier molecular flexibility index (Phi) is 6.76. The van der Waals surface area contributed by atoms with E-state index in [0.717, 1.165) is 14.4 Å². The number of aromatic nitrogens is 2. The molecular formula is C13H21N3O3S4. The number of sulfone groups is 1. The van der Waals surface area contributed by atoms with Gasteiger partial charge in [0.1, 0.15) is 0 Å². The van der Waals surface area contributed by atoms with Crippen molar-refractivity contribution < 1.29 is 13.2 Å². The first kappa shape index (κ1) is 19.0. The molecular weight excluding hydrogens is 374 g/mol. The van der Waals surface area contributed by atoms with Gasteiger partial charge in [-0.05, 0) is 26.0 Å². The molecule has 1 aliphatic rings. The Morgan fingerprint density at radius 3 is 2.65 bits per heavy atom. The highest BCUT2D eigenvalue weighted by atomic mass is 32.2. The van der Waals surface area contributed by atoms with E-state index in [9.17, 15) is 13.2 Å². The molecule has 6 nitrogen and oxygen atoms in total. The lowest BCUT2D eigenvalue weighted by atomic mass is 10.2. The van der Waals surface area contributed by atoms with E-state index in [0.29, 0.717) is 13.0 Å². The van der Waals surface area contributed by atoms with Crippen LogP contribution in [0.1, 0.15) is 27.2 Å². The van der Waals surface area contributed by atoms with Crippen LogP contribution in [-0.2, 0) is 14.6 Å². The topological polar surface area (TPSA) is 80.2 Å².